The van der Waals surface area contributed by atoms with Crippen LogP contribution in [0.5, 0.6) is 5.75 Å². The molecule has 0 saturated carbocycles. The van der Waals surface area contributed by atoms with E-state index in [-0.39, 0.29) is 21.2 Å². The summed E-state index contributed by atoms with van der Waals surface area (Å²) < 4.78 is 33.8. The third-order valence-electron chi connectivity index (χ3n) is 4.96. The Morgan fingerprint density at radius 1 is 0.800 bits per heavy atom. The van der Waals surface area contributed by atoms with Crippen LogP contribution in [0.2, 0.25) is 10.0 Å². The number of benzene rings is 4. The Morgan fingerprint density at radius 2 is 1.46 bits per heavy atom. The van der Waals surface area contributed by atoms with Crippen molar-refractivity contribution >= 4 is 50.5 Å². The molecule has 4 rings (SSSR count). The van der Waals surface area contributed by atoms with Crippen molar-refractivity contribution in [3.05, 3.63) is 118 Å². The molecule has 6 nitrogen and oxygen atoms in total. The van der Waals surface area contributed by atoms with Gasteiger partial charge in [-0.3, -0.25) is 9.52 Å². The number of carbonyl (C=O) groups is 1. The van der Waals surface area contributed by atoms with Crippen molar-refractivity contribution in [3.63, 3.8) is 0 Å². The highest BCUT2D eigenvalue weighted by Crippen LogP contribution is 2.26. The smallest absolute Gasteiger partial charge is 0.261 e. The molecule has 0 spiro atoms. The molecule has 0 aliphatic rings. The molecule has 35 heavy (non-hydrogen) atoms. The maximum Gasteiger partial charge on any atom is 0.261 e. The van der Waals surface area contributed by atoms with Crippen LogP contribution in [0.25, 0.3) is 0 Å². The second-order valence-corrected chi connectivity index (χ2v) is 10.1. The Hall–Kier alpha value is -3.52. The molecule has 0 fully saturated rings. The van der Waals surface area contributed by atoms with E-state index in [0.29, 0.717) is 23.1 Å². The molecular formula is C26H20Cl2N2O4S. The molecule has 178 valence electrons. The van der Waals surface area contributed by atoms with Gasteiger partial charge in [-0.25, -0.2) is 8.42 Å². The minimum Gasteiger partial charge on any atom is -0.489 e. The Morgan fingerprint density at radius 3 is 2.14 bits per heavy atom. The lowest BCUT2D eigenvalue weighted by atomic mass is 10.1. The lowest BCUT2D eigenvalue weighted by Crippen LogP contribution is -2.18. The first kappa shape index (κ1) is 24.6. The number of carbonyl (C=O) groups excluding carboxylic acids is 1. The first-order chi connectivity index (χ1) is 16.8. The van der Waals surface area contributed by atoms with Gasteiger partial charge in [0.1, 0.15) is 12.4 Å². The van der Waals surface area contributed by atoms with E-state index < -0.39 is 15.9 Å². The zero-order valence-corrected chi connectivity index (χ0v) is 20.6. The summed E-state index contributed by atoms with van der Waals surface area (Å²) in [4.78, 5) is 13.0. The molecule has 0 saturated heterocycles. The van der Waals surface area contributed by atoms with Crippen molar-refractivity contribution in [2.75, 3.05) is 10.0 Å². The Kier molecular flexibility index (Phi) is 7.60. The summed E-state index contributed by atoms with van der Waals surface area (Å²) in [5.41, 5.74) is 1.71. The summed E-state index contributed by atoms with van der Waals surface area (Å²) in [6, 6.07) is 26.7. The van der Waals surface area contributed by atoms with Crippen molar-refractivity contribution in [2.45, 2.75) is 11.5 Å². The van der Waals surface area contributed by atoms with Crippen molar-refractivity contribution in [3.8, 4) is 5.75 Å². The number of halogens is 2. The topological polar surface area (TPSA) is 84.5 Å². The van der Waals surface area contributed by atoms with Crippen LogP contribution in [0.15, 0.2) is 102 Å². The van der Waals surface area contributed by atoms with Crippen LogP contribution in [-0.2, 0) is 16.6 Å². The van der Waals surface area contributed by atoms with Gasteiger partial charge in [-0.15, -0.1) is 0 Å². The standard InChI is InChI=1S/C26H20Cl2N2O4S/c27-19-6-13-23(14-7-19)35(32,33)30-25-15-8-20(28)16-24(25)26(31)29-21-9-11-22(12-10-21)34-17-18-4-2-1-3-5-18/h1-16,30H,17H2,(H,29,31). The predicted molar refractivity (Wildman–Crippen MR) is 139 cm³/mol. The SMILES string of the molecule is O=C(Nc1ccc(OCc2ccccc2)cc1)c1cc(Cl)ccc1NS(=O)(=O)c1ccc(Cl)cc1. The molecule has 0 unspecified atom stereocenters. The summed E-state index contributed by atoms with van der Waals surface area (Å²) in [6.07, 6.45) is 0. The normalized spacial score (nSPS) is 11.0. The molecule has 0 bridgehead atoms. The van der Waals surface area contributed by atoms with Gasteiger partial charge in [-0.05, 0) is 72.3 Å². The molecular weight excluding hydrogens is 507 g/mol. The van der Waals surface area contributed by atoms with Gasteiger partial charge < -0.3 is 10.1 Å². The molecule has 0 aliphatic carbocycles. The van der Waals surface area contributed by atoms with Crippen LogP contribution < -0.4 is 14.8 Å². The van der Waals surface area contributed by atoms with Gasteiger partial charge in [0.05, 0.1) is 16.1 Å². The Balaban J connectivity index is 1.47. The second kappa shape index (κ2) is 10.8. The number of anilines is 2. The van der Waals surface area contributed by atoms with E-state index in [1.165, 1.54) is 42.5 Å². The fourth-order valence-corrected chi connectivity index (χ4v) is 4.56. The number of amides is 1. The minimum absolute atomic E-state index is 0.00861. The van der Waals surface area contributed by atoms with Crippen LogP contribution in [0.4, 0.5) is 11.4 Å². The Labute approximate surface area is 213 Å². The van der Waals surface area contributed by atoms with Crippen molar-refractivity contribution < 1.29 is 17.9 Å². The molecule has 2 N–H and O–H groups in total. The van der Waals surface area contributed by atoms with Crippen LogP contribution in [0, 0.1) is 0 Å². The first-order valence-electron chi connectivity index (χ1n) is 10.5. The van der Waals surface area contributed by atoms with Gasteiger partial charge >= 0.3 is 0 Å². The van der Waals surface area contributed by atoms with Gasteiger partial charge in [0.25, 0.3) is 15.9 Å². The highest BCUT2D eigenvalue weighted by atomic mass is 35.5. The molecule has 0 aromatic heterocycles. The molecule has 1 amide bonds. The van der Waals surface area contributed by atoms with Crippen molar-refractivity contribution in [1.29, 1.82) is 0 Å². The summed E-state index contributed by atoms with van der Waals surface area (Å²) in [5, 5.41) is 3.45. The number of hydrogen-bond acceptors (Lipinski definition) is 4. The fraction of sp³-hybridized carbons (Fsp3) is 0.0385. The molecule has 4 aromatic rings. The van der Waals surface area contributed by atoms with Gasteiger partial charge in [0, 0.05) is 15.7 Å². The molecule has 0 radical (unpaired) electrons. The summed E-state index contributed by atoms with van der Waals surface area (Å²) in [6.45, 7) is 0.423. The minimum atomic E-state index is -3.95. The first-order valence-corrected chi connectivity index (χ1v) is 12.7. The molecule has 0 heterocycles. The maximum atomic E-state index is 13.0. The van der Waals surface area contributed by atoms with E-state index in [2.05, 4.69) is 10.0 Å². The zero-order valence-electron chi connectivity index (χ0n) is 18.2. The van der Waals surface area contributed by atoms with Crippen LogP contribution in [-0.4, -0.2) is 14.3 Å². The summed E-state index contributed by atoms with van der Waals surface area (Å²) >= 11 is 11.9. The lowest BCUT2D eigenvalue weighted by Gasteiger charge is -2.14. The van der Waals surface area contributed by atoms with E-state index in [9.17, 15) is 13.2 Å². The van der Waals surface area contributed by atoms with Gasteiger partial charge in [0.2, 0.25) is 0 Å². The molecule has 9 heteroatoms. The monoisotopic (exact) mass is 526 g/mol. The number of rotatable bonds is 8. The number of hydrogen-bond donors (Lipinski definition) is 2. The highest BCUT2D eigenvalue weighted by Gasteiger charge is 2.19. The van der Waals surface area contributed by atoms with Crippen molar-refractivity contribution in [2.24, 2.45) is 0 Å². The average Bonchev–Trinajstić information content (AvgIpc) is 2.85. The predicted octanol–water partition coefficient (Wildman–Crippen LogP) is 6.63. The number of ether oxygens (including phenoxy) is 1. The van der Waals surface area contributed by atoms with Crippen LogP contribution >= 0.6 is 23.2 Å². The fourth-order valence-electron chi connectivity index (χ4n) is 3.18. The van der Waals surface area contributed by atoms with Crippen LogP contribution in [0.1, 0.15) is 15.9 Å². The highest BCUT2D eigenvalue weighted by molar-refractivity contribution is 7.92. The average molecular weight is 527 g/mol. The maximum absolute atomic E-state index is 13.0. The zero-order chi connectivity index (χ0) is 24.8. The summed E-state index contributed by atoms with van der Waals surface area (Å²) in [7, 11) is -3.95. The largest absolute Gasteiger partial charge is 0.489 e. The quantitative estimate of drug-likeness (QED) is 0.270. The van der Waals surface area contributed by atoms with Crippen molar-refractivity contribution in [1.82, 2.24) is 0 Å². The third kappa shape index (κ3) is 6.54. The molecule has 0 atom stereocenters. The van der Waals surface area contributed by atoms with Gasteiger partial charge in [0.15, 0.2) is 0 Å². The summed E-state index contributed by atoms with van der Waals surface area (Å²) in [5.74, 6) is 0.116. The van der Waals surface area contributed by atoms with E-state index in [0.717, 1.165) is 5.56 Å². The van der Waals surface area contributed by atoms with Crippen LogP contribution in [0.3, 0.4) is 0 Å². The number of nitrogens with one attached hydrogen (secondary N) is 2. The lowest BCUT2D eigenvalue weighted by molar-refractivity contribution is 0.102. The van der Waals surface area contributed by atoms with Gasteiger partial charge in [-0.1, -0.05) is 53.5 Å². The third-order valence-corrected chi connectivity index (χ3v) is 6.82. The molecule has 0 aliphatic heterocycles. The van der Waals surface area contributed by atoms with E-state index in [1.807, 2.05) is 30.3 Å². The van der Waals surface area contributed by atoms with Gasteiger partial charge in [-0.2, -0.15) is 0 Å². The second-order valence-electron chi connectivity index (χ2n) is 7.50. The molecule has 4 aromatic carbocycles. The van der Waals surface area contributed by atoms with E-state index in [1.54, 1.807) is 24.3 Å². The van der Waals surface area contributed by atoms with E-state index >= 15 is 0 Å². The Bertz CT molecular complexity index is 1430. The number of sulfonamides is 1. The van der Waals surface area contributed by atoms with E-state index in [4.69, 9.17) is 27.9 Å².